The number of nitrogens with one attached hydrogen (secondary N) is 1. The maximum atomic E-state index is 13.5. The van der Waals surface area contributed by atoms with Crippen LogP contribution in [0.2, 0.25) is 0 Å². The van der Waals surface area contributed by atoms with Crippen molar-refractivity contribution in [1.82, 2.24) is 24.8 Å². The van der Waals surface area contributed by atoms with Gasteiger partial charge in [-0.25, -0.2) is 4.98 Å². The van der Waals surface area contributed by atoms with Crippen molar-refractivity contribution in [2.75, 3.05) is 27.2 Å². The maximum Gasteiger partial charge on any atom is 0.255 e. The Labute approximate surface area is 160 Å². The molecule has 1 N–H and O–H groups in total. The summed E-state index contributed by atoms with van der Waals surface area (Å²) in [4.78, 5) is 29.6. The van der Waals surface area contributed by atoms with Gasteiger partial charge < -0.3 is 14.8 Å². The van der Waals surface area contributed by atoms with Gasteiger partial charge in [0, 0.05) is 29.9 Å². The highest BCUT2D eigenvalue weighted by Gasteiger charge is 2.21. The first-order valence-corrected chi connectivity index (χ1v) is 9.16. The third-order valence-corrected chi connectivity index (χ3v) is 4.78. The van der Waals surface area contributed by atoms with Gasteiger partial charge >= 0.3 is 0 Å². The molecule has 0 saturated heterocycles. The number of fused-ring (bicyclic) bond motifs is 1. The van der Waals surface area contributed by atoms with Crippen molar-refractivity contribution >= 4 is 16.8 Å². The molecule has 0 fully saturated rings. The lowest BCUT2D eigenvalue weighted by Gasteiger charge is -2.25. The summed E-state index contributed by atoms with van der Waals surface area (Å²) in [5.74, 6) is 0.0142. The lowest BCUT2D eigenvalue weighted by atomic mass is 10.0. The van der Waals surface area contributed by atoms with Crippen molar-refractivity contribution in [2.24, 2.45) is 0 Å². The fraction of sp³-hybridized carbons (Fsp3) is 0.381. The van der Waals surface area contributed by atoms with E-state index in [0.29, 0.717) is 18.7 Å². The number of aromatic amines is 1. The molecule has 2 heterocycles. The third kappa shape index (κ3) is 4.17. The second-order valence-corrected chi connectivity index (χ2v) is 7.29. The fourth-order valence-electron chi connectivity index (χ4n) is 3.17. The van der Waals surface area contributed by atoms with Gasteiger partial charge in [0.1, 0.15) is 0 Å². The number of rotatable bonds is 6. The van der Waals surface area contributed by atoms with Gasteiger partial charge in [0.05, 0.1) is 29.6 Å². The van der Waals surface area contributed by atoms with E-state index in [1.54, 1.807) is 6.33 Å². The summed E-state index contributed by atoms with van der Waals surface area (Å²) in [6.45, 7) is 7.84. The molecule has 3 rings (SSSR count). The number of hydrogen-bond donors (Lipinski definition) is 1. The summed E-state index contributed by atoms with van der Waals surface area (Å²) in [6.07, 6.45) is 1.68. The molecule has 0 saturated carbocycles. The van der Waals surface area contributed by atoms with Crippen LogP contribution < -0.4 is 0 Å². The van der Waals surface area contributed by atoms with Crippen LogP contribution in [0, 0.1) is 20.8 Å². The van der Waals surface area contributed by atoms with Crippen molar-refractivity contribution in [3.63, 3.8) is 0 Å². The van der Waals surface area contributed by atoms with E-state index in [1.165, 1.54) is 0 Å². The van der Waals surface area contributed by atoms with E-state index >= 15 is 0 Å². The molecular formula is C21H27N5O. The summed E-state index contributed by atoms with van der Waals surface area (Å²) in [6, 6.07) is 7.88. The minimum atomic E-state index is 0.0142. The first-order chi connectivity index (χ1) is 12.9. The summed E-state index contributed by atoms with van der Waals surface area (Å²) in [5, 5.41) is 0.902. The lowest BCUT2D eigenvalue weighted by molar-refractivity contribution is 0.0731. The van der Waals surface area contributed by atoms with E-state index in [2.05, 4.69) is 19.9 Å². The number of carbonyl (C=O) groups excluding carboxylic acids is 1. The Morgan fingerprint density at radius 3 is 2.59 bits per heavy atom. The molecule has 0 spiro atoms. The minimum Gasteiger partial charge on any atom is -0.348 e. The number of hydrogen-bond acceptors (Lipinski definition) is 4. The standard InChI is InChI=1S/C21H27N5O/c1-14-7-6-8-17-18(11-15(2)24-20(14)17)21(27)26(10-9-25(4)5)12-19-16(3)22-13-23-19/h6-8,11,13H,9-10,12H2,1-5H3,(H,22,23). The van der Waals surface area contributed by atoms with Crippen LogP contribution in [0.3, 0.4) is 0 Å². The number of pyridine rings is 1. The number of aromatic nitrogens is 3. The fourth-order valence-corrected chi connectivity index (χ4v) is 3.17. The van der Waals surface area contributed by atoms with Gasteiger partial charge in [-0.15, -0.1) is 0 Å². The van der Waals surface area contributed by atoms with E-state index in [-0.39, 0.29) is 5.91 Å². The van der Waals surface area contributed by atoms with Crippen LogP contribution in [0.1, 0.15) is 33.0 Å². The maximum absolute atomic E-state index is 13.5. The highest BCUT2D eigenvalue weighted by Crippen LogP contribution is 2.23. The van der Waals surface area contributed by atoms with Gasteiger partial charge in [0.15, 0.2) is 0 Å². The van der Waals surface area contributed by atoms with E-state index in [9.17, 15) is 4.79 Å². The van der Waals surface area contributed by atoms with Gasteiger partial charge in [-0.2, -0.15) is 0 Å². The van der Waals surface area contributed by atoms with Crippen LogP contribution in [0.5, 0.6) is 0 Å². The molecule has 6 nitrogen and oxygen atoms in total. The largest absolute Gasteiger partial charge is 0.348 e. The highest BCUT2D eigenvalue weighted by atomic mass is 16.2. The molecule has 0 radical (unpaired) electrons. The highest BCUT2D eigenvalue weighted by molar-refractivity contribution is 6.06. The van der Waals surface area contributed by atoms with Crippen molar-refractivity contribution in [2.45, 2.75) is 27.3 Å². The van der Waals surface area contributed by atoms with Crippen molar-refractivity contribution in [3.8, 4) is 0 Å². The number of likely N-dealkylation sites (N-methyl/N-ethyl adjacent to an activating group) is 1. The second kappa shape index (κ2) is 7.88. The van der Waals surface area contributed by atoms with Gasteiger partial charge in [0.25, 0.3) is 5.91 Å². The first-order valence-electron chi connectivity index (χ1n) is 9.16. The number of para-hydroxylation sites is 1. The number of imidazole rings is 1. The molecular weight excluding hydrogens is 338 g/mol. The normalized spacial score (nSPS) is 11.3. The number of benzene rings is 1. The summed E-state index contributed by atoms with van der Waals surface area (Å²) < 4.78 is 0. The molecule has 6 heteroatoms. The molecule has 0 atom stereocenters. The molecule has 142 valence electrons. The van der Waals surface area contributed by atoms with Crippen molar-refractivity contribution in [1.29, 1.82) is 0 Å². The number of carbonyl (C=O) groups is 1. The first kappa shape index (κ1) is 19.0. The third-order valence-electron chi connectivity index (χ3n) is 4.78. The molecule has 0 aliphatic rings. The van der Waals surface area contributed by atoms with Gasteiger partial charge in [0.2, 0.25) is 0 Å². The number of aryl methyl sites for hydroxylation is 3. The molecule has 0 unspecified atom stereocenters. The van der Waals surface area contributed by atoms with Gasteiger partial charge in [-0.1, -0.05) is 18.2 Å². The molecule has 2 aromatic heterocycles. The van der Waals surface area contributed by atoms with E-state index < -0.39 is 0 Å². The van der Waals surface area contributed by atoms with Crippen molar-refractivity contribution in [3.05, 3.63) is 58.8 Å². The Kier molecular flexibility index (Phi) is 5.56. The molecule has 0 aliphatic heterocycles. The van der Waals surface area contributed by atoms with E-state index in [0.717, 1.165) is 40.1 Å². The minimum absolute atomic E-state index is 0.0142. The zero-order valence-electron chi connectivity index (χ0n) is 16.7. The Hall–Kier alpha value is -2.73. The van der Waals surface area contributed by atoms with Gasteiger partial charge in [-0.05, 0) is 46.5 Å². The van der Waals surface area contributed by atoms with Gasteiger partial charge in [-0.3, -0.25) is 9.78 Å². The molecule has 1 aromatic carbocycles. The summed E-state index contributed by atoms with van der Waals surface area (Å²) in [5.41, 5.74) is 5.41. The number of amides is 1. The zero-order valence-corrected chi connectivity index (χ0v) is 16.7. The predicted molar refractivity (Wildman–Crippen MR) is 108 cm³/mol. The average Bonchev–Trinajstić information content (AvgIpc) is 3.02. The van der Waals surface area contributed by atoms with E-state index in [4.69, 9.17) is 0 Å². The van der Waals surface area contributed by atoms with Crippen LogP contribution >= 0.6 is 0 Å². The molecule has 0 aliphatic carbocycles. The summed E-state index contributed by atoms with van der Waals surface area (Å²) >= 11 is 0. The van der Waals surface area contributed by atoms with Crippen LogP contribution in [-0.2, 0) is 6.54 Å². The Morgan fingerprint density at radius 1 is 1.15 bits per heavy atom. The smallest absolute Gasteiger partial charge is 0.255 e. The Balaban J connectivity index is 2.01. The molecule has 3 aromatic rings. The Morgan fingerprint density at radius 2 is 1.93 bits per heavy atom. The van der Waals surface area contributed by atoms with Crippen LogP contribution in [0.25, 0.3) is 10.9 Å². The monoisotopic (exact) mass is 365 g/mol. The number of nitrogens with zero attached hydrogens (tertiary/aromatic N) is 4. The number of H-pyrrole nitrogens is 1. The lowest BCUT2D eigenvalue weighted by Crippen LogP contribution is -2.36. The Bertz CT molecular complexity index is 960. The summed E-state index contributed by atoms with van der Waals surface area (Å²) in [7, 11) is 4.02. The zero-order chi connectivity index (χ0) is 19.6. The molecule has 1 amide bonds. The van der Waals surface area contributed by atoms with Crippen molar-refractivity contribution < 1.29 is 4.79 Å². The van der Waals surface area contributed by atoms with E-state index in [1.807, 2.05) is 64.0 Å². The van der Waals surface area contributed by atoms with Crippen LogP contribution in [0.15, 0.2) is 30.6 Å². The second-order valence-electron chi connectivity index (χ2n) is 7.29. The topological polar surface area (TPSA) is 65.1 Å². The quantitative estimate of drug-likeness (QED) is 0.729. The molecule has 27 heavy (non-hydrogen) atoms. The average molecular weight is 365 g/mol. The molecule has 0 bridgehead atoms. The SMILES string of the molecule is Cc1cc(C(=O)N(CCN(C)C)Cc2nc[nH]c2C)c2cccc(C)c2n1. The van der Waals surface area contributed by atoms with Crippen LogP contribution in [0.4, 0.5) is 0 Å². The van der Waals surface area contributed by atoms with Crippen LogP contribution in [-0.4, -0.2) is 57.8 Å². The predicted octanol–water partition coefficient (Wildman–Crippen LogP) is 3.09.